The van der Waals surface area contributed by atoms with Crippen molar-refractivity contribution in [3.63, 3.8) is 0 Å². The van der Waals surface area contributed by atoms with E-state index >= 15 is 0 Å². The minimum atomic E-state index is -0.0873. The summed E-state index contributed by atoms with van der Waals surface area (Å²) >= 11 is 2.05. The molecule has 2 aliphatic rings. The Kier molecular flexibility index (Phi) is 4.14. The average Bonchev–Trinajstić information content (AvgIpc) is 2.23. The molecule has 2 N–H and O–H groups in total. The second-order valence-corrected chi connectivity index (χ2v) is 5.69. The molecular formula is C11H21NOS. The zero-order chi connectivity index (χ0) is 9.80. The van der Waals surface area contributed by atoms with Gasteiger partial charge in [-0.15, -0.1) is 0 Å². The van der Waals surface area contributed by atoms with E-state index < -0.39 is 0 Å². The third-order valence-corrected chi connectivity index (χ3v) is 4.55. The summed E-state index contributed by atoms with van der Waals surface area (Å²) in [5, 5.41) is 13.5. The van der Waals surface area contributed by atoms with E-state index in [9.17, 15) is 5.11 Å². The summed E-state index contributed by atoms with van der Waals surface area (Å²) in [7, 11) is 0. The molecule has 1 saturated heterocycles. The van der Waals surface area contributed by atoms with Gasteiger partial charge in [0.15, 0.2) is 0 Å². The van der Waals surface area contributed by atoms with Gasteiger partial charge in [0.05, 0.1) is 6.10 Å². The van der Waals surface area contributed by atoms with Crippen LogP contribution in [0.1, 0.15) is 38.5 Å². The first-order chi connectivity index (χ1) is 6.86. The number of aliphatic hydroxyl groups excluding tert-OH is 1. The molecule has 2 fully saturated rings. The van der Waals surface area contributed by atoms with Crippen LogP contribution in [0.25, 0.3) is 0 Å². The summed E-state index contributed by atoms with van der Waals surface area (Å²) in [5.41, 5.74) is 0. The Morgan fingerprint density at radius 2 is 1.93 bits per heavy atom. The number of hydrogen-bond acceptors (Lipinski definition) is 3. The topological polar surface area (TPSA) is 32.3 Å². The van der Waals surface area contributed by atoms with Crippen molar-refractivity contribution in [3.8, 4) is 0 Å². The van der Waals surface area contributed by atoms with Crippen LogP contribution in [0.2, 0.25) is 0 Å². The fourth-order valence-corrected chi connectivity index (χ4v) is 3.57. The molecule has 0 aromatic carbocycles. The fourth-order valence-electron chi connectivity index (χ4n) is 2.48. The maximum Gasteiger partial charge on any atom is 0.0693 e. The Labute approximate surface area is 90.8 Å². The summed E-state index contributed by atoms with van der Waals surface area (Å²) in [5.74, 6) is 2.56. The molecule has 0 aromatic rings. The highest BCUT2D eigenvalue weighted by atomic mass is 32.2. The molecule has 82 valence electrons. The second-order valence-electron chi connectivity index (χ2n) is 4.54. The number of thioether (sulfide) groups is 1. The van der Waals surface area contributed by atoms with E-state index in [0.717, 1.165) is 6.42 Å². The third kappa shape index (κ3) is 2.88. The molecular weight excluding hydrogens is 194 g/mol. The first-order valence-electron chi connectivity index (χ1n) is 5.88. The van der Waals surface area contributed by atoms with Crippen molar-refractivity contribution in [1.29, 1.82) is 0 Å². The van der Waals surface area contributed by atoms with Gasteiger partial charge in [-0.2, -0.15) is 11.8 Å². The van der Waals surface area contributed by atoms with E-state index in [1.165, 1.54) is 43.6 Å². The van der Waals surface area contributed by atoms with Crippen molar-refractivity contribution < 1.29 is 5.11 Å². The molecule has 0 spiro atoms. The molecule has 1 heterocycles. The van der Waals surface area contributed by atoms with Gasteiger partial charge in [0, 0.05) is 17.8 Å². The molecule has 0 bridgehead atoms. The normalized spacial score (nSPS) is 39.6. The molecule has 1 aliphatic carbocycles. The highest BCUT2D eigenvalue weighted by Gasteiger charge is 2.25. The Hall–Kier alpha value is 0.270. The van der Waals surface area contributed by atoms with Gasteiger partial charge >= 0.3 is 0 Å². The van der Waals surface area contributed by atoms with Crippen LogP contribution in [0.5, 0.6) is 0 Å². The molecule has 3 heteroatoms. The lowest BCUT2D eigenvalue weighted by Gasteiger charge is -2.33. The molecule has 0 amide bonds. The van der Waals surface area contributed by atoms with E-state index in [0.29, 0.717) is 12.1 Å². The lowest BCUT2D eigenvalue weighted by Crippen LogP contribution is -2.48. The van der Waals surface area contributed by atoms with E-state index in [2.05, 4.69) is 5.32 Å². The lowest BCUT2D eigenvalue weighted by molar-refractivity contribution is 0.0855. The minimum Gasteiger partial charge on any atom is -0.392 e. The van der Waals surface area contributed by atoms with E-state index in [4.69, 9.17) is 0 Å². The molecule has 2 nitrogen and oxygen atoms in total. The predicted octanol–water partition coefficient (Wildman–Crippen LogP) is 1.78. The first-order valence-corrected chi connectivity index (χ1v) is 7.03. The van der Waals surface area contributed by atoms with Crippen molar-refractivity contribution in [2.45, 2.75) is 56.7 Å². The van der Waals surface area contributed by atoms with E-state index in [1.807, 2.05) is 11.8 Å². The highest BCUT2D eigenvalue weighted by Crippen LogP contribution is 2.22. The summed E-state index contributed by atoms with van der Waals surface area (Å²) in [6.45, 7) is 0. The predicted molar refractivity (Wildman–Crippen MR) is 61.7 cm³/mol. The largest absolute Gasteiger partial charge is 0.392 e. The van der Waals surface area contributed by atoms with Gasteiger partial charge in [-0.3, -0.25) is 0 Å². The van der Waals surface area contributed by atoms with Gasteiger partial charge in [-0.1, -0.05) is 12.8 Å². The molecule has 3 atom stereocenters. The van der Waals surface area contributed by atoms with E-state index in [1.54, 1.807) is 0 Å². The highest BCUT2D eigenvalue weighted by molar-refractivity contribution is 7.99. The van der Waals surface area contributed by atoms with E-state index in [-0.39, 0.29) is 6.10 Å². The van der Waals surface area contributed by atoms with Crippen molar-refractivity contribution in [2.24, 2.45) is 0 Å². The maximum absolute atomic E-state index is 9.83. The van der Waals surface area contributed by atoms with Crippen molar-refractivity contribution in [1.82, 2.24) is 5.32 Å². The molecule has 1 aliphatic heterocycles. The lowest BCUT2D eigenvalue weighted by atomic mass is 9.92. The molecule has 0 unspecified atom stereocenters. The van der Waals surface area contributed by atoms with Crippen LogP contribution in [0, 0.1) is 0 Å². The van der Waals surface area contributed by atoms with Crippen LogP contribution in [0.4, 0.5) is 0 Å². The monoisotopic (exact) mass is 215 g/mol. The summed E-state index contributed by atoms with van der Waals surface area (Å²) in [6, 6.07) is 1.04. The van der Waals surface area contributed by atoms with Crippen LogP contribution < -0.4 is 5.32 Å². The van der Waals surface area contributed by atoms with Gasteiger partial charge in [0.2, 0.25) is 0 Å². The SMILES string of the molecule is O[C@@H]1CCCC[C@H]1N[C@H]1CCCSC1. The zero-order valence-electron chi connectivity index (χ0n) is 8.74. The Morgan fingerprint density at radius 3 is 2.64 bits per heavy atom. The standard InChI is InChI=1S/C11H21NOS/c13-11-6-2-1-5-10(11)12-9-4-3-7-14-8-9/h9-13H,1-8H2/t9-,10+,11+/m0/s1. The van der Waals surface area contributed by atoms with Crippen molar-refractivity contribution >= 4 is 11.8 Å². The maximum atomic E-state index is 9.83. The quantitative estimate of drug-likeness (QED) is 0.736. The summed E-state index contributed by atoms with van der Waals surface area (Å²) in [6.07, 6.45) is 7.21. The van der Waals surface area contributed by atoms with Crippen LogP contribution in [-0.4, -0.2) is 34.8 Å². The Balaban J connectivity index is 1.76. The van der Waals surface area contributed by atoms with Gasteiger partial charge in [-0.25, -0.2) is 0 Å². The van der Waals surface area contributed by atoms with Gasteiger partial charge in [0.25, 0.3) is 0 Å². The molecule has 0 aromatic heterocycles. The van der Waals surface area contributed by atoms with Gasteiger partial charge in [0.1, 0.15) is 0 Å². The number of rotatable bonds is 2. The second kappa shape index (κ2) is 5.38. The van der Waals surface area contributed by atoms with Crippen LogP contribution >= 0.6 is 11.8 Å². The zero-order valence-corrected chi connectivity index (χ0v) is 9.56. The van der Waals surface area contributed by atoms with Crippen molar-refractivity contribution in [3.05, 3.63) is 0 Å². The molecule has 0 radical (unpaired) electrons. The van der Waals surface area contributed by atoms with Gasteiger partial charge in [-0.05, 0) is 31.4 Å². The third-order valence-electron chi connectivity index (χ3n) is 3.34. The summed E-state index contributed by atoms with van der Waals surface area (Å²) in [4.78, 5) is 0. The number of aliphatic hydroxyl groups is 1. The van der Waals surface area contributed by atoms with Gasteiger partial charge < -0.3 is 10.4 Å². The molecule has 1 saturated carbocycles. The Bertz CT molecular complexity index is 171. The number of hydrogen-bond donors (Lipinski definition) is 2. The van der Waals surface area contributed by atoms with Crippen LogP contribution in [-0.2, 0) is 0 Å². The Morgan fingerprint density at radius 1 is 1.07 bits per heavy atom. The minimum absolute atomic E-state index is 0.0873. The smallest absolute Gasteiger partial charge is 0.0693 e. The fraction of sp³-hybridized carbons (Fsp3) is 1.00. The summed E-state index contributed by atoms with van der Waals surface area (Å²) < 4.78 is 0. The molecule has 2 rings (SSSR count). The van der Waals surface area contributed by atoms with Crippen LogP contribution in [0.15, 0.2) is 0 Å². The van der Waals surface area contributed by atoms with Crippen molar-refractivity contribution in [2.75, 3.05) is 11.5 Å². The molecule has 14 heavy (non-hydrogen) atoms. The number of nitrogens with one attached hydrogen (secondary N) is 1. The average molecular weight is 215 g/mol. The first kappa shape index (κ1) is 10.8. The van der Waals surface area contributed by atoms with Crippen LogP contribution in [0.3, 0.4) is 0 Å².